The maximum absolute atomic E-state index is 3.48. The van der Waals surface area contributed by atoms with Crippen molar-refractivity contribution in [2.45, 2.75) is 31.0 Å². The summed E-state index contributed by atoms with van der Waals surface area (Å²) in [7, 11) is 0. The predicted molar refractivity (Wildman–Crippen MR) is 45.5 cm³/mol. The fraction of sp³-hybridized carbons (Fsp3) is 0.833. The second-order valence-corrected chi connectivity index (χ2v) is 3.49. The molecular weight excluding hydrogens is 232 g/mol. The molecule has 0 saturated heterocycles. The first-order valence-corrected chi connectivity index (χ1v) is 4.72. The van der Waals surface area contributed by atoms with Crippen molar-refractivity contribution in [2.75, 3.05) is 0 Å². The molecule has 1 unspecified atom stereocenters. The van der Waals surface area contributed by atoms with Gasteiger partial charge in [0.1, 0.15) is 0 Å². The summed E-state index contributed by atoms with van der Waals surface area (Å²) < 4.78 is 0. The van der Waals surface area contributed by atoms with E-state index in [0.717, 1.165) is 0 Å². The SMILES string of the molecule is CCCCC(Br)[CH]Br. The molecule has 8 heavy (non-hydrogen) atoms. The molecule has 0 N–H and O–H groups in total. The summed E-state index contributed by atoms with van der Waals surface area (Å²) in [6.07, 6.45) is 3.82. The van der Waals surface area contributed by atoms with Gasteiger partial charge in [0.05, 0.1) is 0 Å². The van der Waals surface area contributed by atoms with Gasteiger partial charge in [0.15, 0.2) is 0 Å². The van der Waals surface area contributed by atoms with Crippen molar-refractivity contribution in [3.63, 3.8) is 0 Å². The summed E-state index contributed by atoms with van der Waals surface area (Å²) in [5, 5.41) is 2.00. The number of halogens is 2. The molecule has 0 nitrogen and oxygen atoms in total. The minimum atomic E-state index is 0.558. The Morgan fingerprint density at radius 1 is 1.62 bits per heavy atom. The Labute approximate surface area is 68.3 Å². The highest BCUT2D eigenvalue weighted by Crippen LogP contribution is 2.15. The van der Waals surface area contributed by atoms with Crippen molar-refractivity contribution in [1.29, 1.82) is 0 Å². The van der Waals surface area contributed by atoms with Gasteiger partial charge in [-0.3, -0.25) is 0 Å². The second kappa shape index (κ2) is 6.09. The third-order valence-electron chi connectivity index (χ3n) is 0.970. The zero-order chi connectivity index (χ0) is 6.41. The minimum absolute atomic E-state index is 0.558. The number of alkyl halides is 1. The van der Waals surface area contributed by atoms with Crippen LogP contribution in [0.15, 0.2) is 0 Å². The van der Waals surface area contributed by atoms with Crippen LogP contribution in [0.25, 0.3) is 0 Å². The molecule has 1 radical (unpaired) electrons. The fourth-order valence-electron chi connectivity index (χ4n) is 0.462. The molecule has 0 saturated carbocycles. The molecule has 0 aromatic carbocycles. The van der Waals surface area contributed by atoms with E-state index in [0.29, 0.717) is 4.83 Å². The van der Waals surface area contributed by atoms with Gasteiger partial charge in [0.2, 0.25) is 0 Å². The average Bonchev–Trinajstić information content (AvgIpc) is 1.83. The van der Waals surface area contributed by atoms with Crippen LogP contribution in [0.1, 0.15) is 26.2 Å². The monoisotopic (exact) mass is 241 g/mol. The number of unbranched alkanes of at least 4 members (excludes halogenated alkanes) is 1. The molecule has 49 valence electrons. The Kier molecular flexibility index (Phi) is 6.82. The Bertz CT molecular complexity index is 45.8. The fourth-order valence-corrected chi connectivity index (χ4v) is 1.05. The van der Waals surface area contributed by atoms with Gasteiger partial charge in [-0.2, -0.15) is 0 Å². The van der Waals surface area contributed by atoms with Gasteiger partial charge in [-0.05, 0) is 6.42 Å². The van der Waals surface area contributed by atoms with Crippen molar-refractivity contribution in [3.8, 4) is 0 Å². The molecular formula is C6H11Br2. The summed E-state index contributed by atoms with van der Waals surface area (Å²) in [4.78, 5) is 0.558. The van der Waals surface area contributed by atoms with Crippen LogP contribution < -0.4 is 0 Å². The molecule has 0 aromatic heterocycles. The molecule has 0 spiro atoms. The zero-order valence-electron chi connectivity index (χ0n) is 5.03. The van der Waals surface area contributed by atoms with Crippen molar-refractivity contribution in [1.82, 2.24) is 0 Å². The molecule has 2 heteroatoms. The lowest BCUT2D eigenvalue weighted by molar-refractivity contribution is 0.739. The first-order valence-electron chi connectivity index (χ1n) is 2.89. The van der Waals surface area contributed by atoms with Crippen molar-refractivity contribution in [2.24, 2.45) is 0 Å². The first kappa shape index (κ1) is 8.96. The number of rotatable bonds is 4. The lowest BCUT2D eigenvalue weighted by Gasteiger charge is -2.00. The van der Waals surface area contributed by atoms with Gasteiger partial charge in [-0.15, -0.1) is 0 Å². The van der Waals surface area contributed by atoms with Gasteiger partial charge in [0.25, 0.3) is 0 Å². The van der Waals surface area contributed by atoms with Crippen molar-refractivity contribution in [3.05, 3.63) is 5.33 Å². The van der Waals surface area contributed by atoms with Crippen LogP contribution in [-0.4, -0.2) is 4.83 Å². The van der Waals surface area contributed by atoms with Crippen LogP contribution >= 0.6 is 31.9 Å². The summed E-state index contributed by atoms with van der Waals surface area (Å²) in [6, 6.07) is 0. The van der Waals surface area contributed by atoms with E-state index in [1.165, 1.54) is 19.3 Å². The third kappa shape index (κ3) is 5.10. The quantitative estimate of drug-likeness (QED) is 0.663. The van der Waals surface area contributed by atoms with E-state index < -0.39 is 0 Å². The average molecular weight is 243 g/mol. The Hall–Kier alpha value is 0.960. The third-order valence-corrected chi connectivity index (χ3v) is 3.04. The Morgan fingerprint density at radius 3 is 2.62 bits per heavy atom. The van der Waals surface area contributed by atoms with E-state index in [1.54, 1.807) is 0 Å². The molecule has 0 aliphatic rings. The van der Waals surface area contributed by atoms with E-state index in [-0.39, 0.29) is 0 Å². The zero-order valence-corrected chi connectivity index (χ0v) is 8.20. The summed E-state index contributed by atoms with van der Waals surface area (Å²) in [5.74, 6) is 0. The molecule has 0 aliphatic carbocycles. The largest absolute Gasteiger partial charge is 0.0878 e. The molecule has 1 atom stereocenters. The van der Waals surface area contributed by atoms with Crippen LogP contribution in [0.2, 0.25) is 0 Å². The molecule has 0 heterocycles. The van der Waals surface area contributed by atoms with Crippen LogP contribution in [0.4, 0.5) is 0 Å². The van der Waals surface area contributed by atoms with E-state index in [1.807, 2.05) is 5.33 Å². The lowest BCUT2D eigenvalue weighted by Crippen LogP contribution is -1.91. The van der Waals surface area contributed by atoms with Crippen LogP contribution in [-0.2, 0) is 0 Å². The highest BCUT2D eigenvalue weighted by Gasteiger charge is 1.98. The second-order valence-electron chi connectivity index (χ2n) is 1.78. The van der Waals surface area contributed by atoms with Crippen LogP contribution in [0.3, 0.4) is 0 Å². The predicted octanol–water partition coefficient (Wildman–Crippen LogP) is 3.50. The lowest BCUT2D eigenvalue weighted by atomic mass is 10.2. The van der Waals surface area contributed by atoms with E-state index >= 15 is 0 Å². The summed E-state index contributed by atoms with van der Waals surface area (Å²) in [5.41, 5.74) is 0. The highest BCUT2D eigenvalue weighted by molar-refractivity contribution is 9.13. The Morgan fingerprint density at radius 2 is 2.25 bits per heavy atom. The maximum atomic E-state index is 3.48. The normalized spacial score (nSPS) is 13.9. The van der Waals surface area contributed by atoms with Gasteiger partial charge >= 0.3 is 0 Å². The molecule has 0 bridgehead atoms. The molecule has 0 aliphatic heterocycles. The highest BCUT2D eigenvalue weighted by atomic mass is 79.9. The van der Waals surface area contributed by atoms with Gasteiger partial charge in [0, 0.05) is 10.2 Å². The molecule has 0 amide bonds. The summed E-state index contributed by atoms with van der Waals surface area (Å²) in [6.45, 7) is 2.20. The molecule has 0 rings (SSSR count). The van der Waals surface area contributed by atoms with Gasteiger partial charge in [-0.25, -0.2) is 0 Å². The number of hydrogen-bond donors (Lipinski definition) is 0. The molecule has 0 aromatic rings. The van der Waals surface area contributed by atoms with Gasteiger partial charge in [-0.1, -0.05) is 51.6 Å². The van der Waals surface area contributed by atoms with Crippen molar-refractivity contribution < 1.29 is 0 Å². The Balaban J connectivity index is 2.86. The van der Waals surface area contributed by atoms with E-state index in [4.69, 9.17) is 0 Å². The minimum Gasteiger partial charge on any atom is -0.0878 e. The van der Waals surface area contributed by atoms with Crippen LogP contribution in [0.5, 0.6) is 0 Å². The first-order chi connectivity index (χ1) is 3.81. The number of hydrogen-bond acceptors (Lipinski definition) is 0. The summed E-state index contributed by atoms with van der Waals surface area (Å²) >= 11 is 6.75. The van der Waals surface area contributed by atoms with E-state index in [2.05, 4.69) is 38.8 Å². The van der Waals surface area contributed by atoms with Crippen LogP contribution in [0, 0.1) is 5.33 Å². The topological polar surface area (TPSA) is 0 Å². The van der Waals surface area contributed by atoms with Crippen molar-refractivity contribution >= 4 is 31.9 Å². The van der Waals surface area contributed by atoms with Gasteiger partial charge < -0.3 is 0 Å². The standard InChI is InChI=1S/C6H11Br2/c1-2-3-4-6(8)5-7/h5-6H,2-4H2,1H3. The van der Waals surface area contributed by atoms with E-state index in [9.17, 15) is 0 Å². The molecule has 0 fully saturated rings. The smallest absolute Gasteiger partial charge is 0.0407 e. The maximum Gasteiger partial charge on any atom is 0.0407 e.